The van der Waals surface area contributed by atoms with E-state index >= 15 is 0 Å². The fourth-order valence-electron chi connectivity index (χ4n) is 2.03. The summed E-state index contributed by atoms with van der Waals surface area (Å²) in [7, 11) is -3.32. The zero-order valence-corrected chi connectivity index (χ0v) is 16.3. The number of fused-ring (bicyclic) bond motifs is 1. The molecule has 1 heterocycles. The van der Waals surface area contributed by atoms with Gasteiger partial charge in [-0.2, -0.15) is 0 Å². The molecule has 0 saturated heterocycles. The highest BCUT2D eigenvalue weighted by atomic mass is 35.5. The van der Waals surface area contributed by atoms with Gasteiger partial charge in [0.15, 0.2) is 0 Å². The summed E-state index contributed by atoms with van der Waals surface area (Å²) >= 11 is 5.90. The van der Waals surface area contributed by atoms with E-state index in [1.54, 1.807) is 19.1 Å². The van der Waals surface area contributed by atoms with Crippen LogP contribution in [-0.2, 0) is 9.09 Å². The molecule has 1 aromatic heterocycles. The zero-order valence-electron chi connectivity index (χ0n) is 14.7. The van der Waals surface area contributed by atoms with Crippen LogP contribution in [0.2, 0.25) is 5.02 Å². The van der Waals surface area contributed by atoms with Gasteiger partial charge in [-0.05, 0) is 37.0 Å². The fourth-order valence-corrected chi connectivity index (χ4v) is 3.60. The van der Waals surface area contributed by atoms with Crippen molar-refractivity contribution in [1.29, 1.82) is 0 Å². The van der Waals surface area contributed by atoms with Crippen LogP contribution in [0.4, 0.5) is 0 Å². The Morgan fingerprint density at radius 3 is 2.50 bits per heavy atom. The first-order valence-corrected chi connectivity index (χ1v) is 9.96. The van der Waals surface area contributed by atoms with E-state index in [2.05, 4.69) is 0 Å². The normalized spacial score (nSPS) is 16.0. The first-order valence-electron chi connectivity index (χ1n) is 7.59. The second kappa shape index (κ2) is 6.55. The van der Waals surface area contributed by atoms with Gasteiger partial charge in [0, 0.05) is 18.1 Å². The van der Waals surface area contributed by atoms with Crippen LogP contribution < -0.4 is 10.1 Å². The summed E-state index contributed by atoms with van der Waals surface area (Å²) in [6, 6.07) is 4.87. The van der Waals surface area contributed by atoms with Gasteiger partial charge < -0.3 is 8.94 Å². The van der Waals surface area contributed by atoms with Crippen molar-refractivity contribution in [3.8, 4) is 5.75 Å². The molecule has 0 bridgehead atoms. The highest BCUT2D eigenvalue weighted by molar-refractivity contribution is 7.53. The number of hydrogen-bond acceptors (Lipinski definition) is 5. The van der Waals surface area contributed by atoms with Gasteiger partial charge >= 0.3 is 13.2 Å². The van der Waals surface area contributed by atoms with Gasteiger partial charge in [0.2, 0.25) is 0 Å². The number of hydrogen-bond donors (Lipinski definition) is 0. The number of aryl methyl sites for hydroxylation is 1. The van der Waals surface area contributed by atoms with Crippen molar-refractivity contribution in [1.82, 2.24) is 0 Å². The molecule has 0 N–H and O–H groups in total. The average molecular weight is 373 g/mol. The molecule has 0 spiro atoms. The van der Waals surface area contributed by atoms with E-state index in [4.69, 9.17) is 25.1 Å². The number of halogens is 1. The van der Waals surface area contributed by atoms with Crippen LogP contribution in [-0.4, -0.2) is 12.8 Å². The molecule has 0 saturated carbocycles. The minimum absolute atomic E-state index is 0.0552. The Balaban J connectivity index is 2.32. The summed E-state index contributed by atoms with van der Waals surface area (Å²) in [5.74, 6) is 0.305. The first-order chi connectivity index (χ1) is 10.9. The smallest absolute Gasteiger partial charge is 0.376 e. The van der Waals surface area contributed by atoms with Gasteiger partial charge in [-0.15, -0.1) is 0 Å². The zero-order chi connectivity index (χ0) is 18.3. The molecular weight excluding hydrogens is 351 g/mol. The molecule has 0 unspecified atom stereocenters. The van der Waals surface area contributed by atoms with Crippen LogP contribution in [0.15, 0.2) is 27.4 Å². The van der Waals surface area contributed by atoms with Gasteiger partial charge in [0.1, 0.15) is 16.4 Å². The lowest BCUT2D eigenvalue weighted by molar-refractivity contribution is 0.0935. The van der Waals surface area contributed by atoms with E-state index in [0.717, 1.165) is 0 Å². The van der Waals surface area contributed by atoms with Gasteiger partial charge in [-0.1, -0.05) is 32.4 Å². The maximum absolute atomic E-state index is 12.6. The first kappa shape index (κ1) is 19.0. The molecule has 132 valence electrons. The van der Waals surface area contributed by atoms with Crippen LogP contribution in [0, 0.1) is 12.3 Å². The standard InChI is InChI=1S/C17H22ClO5P/c1-10-13-8-7-12(9-14(13)21-16(19)15(10)18)23-24(6,20)22-11(2)17(3,4)5/h7-9,11H,1-6H3/t11-,24-/m1/s1. The molecule has 0 aliphatic carbocycles. The third kappa shape index (κ3) is 4.21. The molecule has 0 aliphatic heterocycles. The van der Waals surface area contributed by atoms with Gasteiger partial charge in [-0.25, -0.2) is 9.36 Å². The summed E-state index contributed by atoms with van der Waals surface area (Å²) in [6.45, 7) is 11.0. The summed E-state index contributed by atoms with van der Waals surface area (Å²) in [5.41, 5.74) is 0.171. The van der Waals surface area contributed by atoms with E-state index in [1.165, 1.54) is 12.7 Å². The second-order valence-corrected chi connectivity index (χ2v) is 9.28. The summed E-state index contributed by atoms with van der Waals surface area (Å²) in [6.07, 6.45) is -0.257. The van der Waals surface area contributed by atoms with Crippen LogP contribution in [0.25, 0.3) is 11.0 Å². The topological polar surface area (TPSA) is 65.7 Å². The Labute approximate surface area is 146 Å². The molecule has 2 atom stereocenters. The Hall–Kier alpha value is -1.29. The largest absolute Gasteiger partial charge is 0.424 e. The lowest BCUT2D eigenvalue weighted by Gasteiger charge is -2.29. The monoisotopic (exact) mass is 372 g/mol. The predicted octanol–water partition coefficient (Wildman–Crippen LogP) is 5.41. The lowest BCUT2D eigenvalue weighted by atomic mass is 9.91. The average Bonchev–Trinajstić information content (AvgIpc) is 2.42. The van der Waals surface area contributed by atoms with Crippen molar-refractivity contribution in [2.75, 3.05) is 6.66 Å². The van der Waals surface area contributed by atoms with Crippen molar-refractivity contribution in [3.63, 3.8) is 0 Å². The maximum Gasteiger partial charge on any atom is 0.376 e. The van der Waals surface area contributed by atoms with Gasteiger partial charge in [0.05, 0.1) is 6.10 Å². The van der Waals surface area contributed by atoms with Gasteiger partial charge in [-0.3, -0.25) is 4.52 Å². The predicted molar refractivity (Wildman–Crippen MR) is 96.4 cm³/mol. The number of benzene rings is 1. The van der Waals surface area contributed by atoms with E-state index in [-0.39, 0.29) is 16.5 Å². The maximum atomic E-state index is 12.6. The third-order valence-electron chi connectivity index (χ3n) is 3.91. The SMILES string of the molecule is Cc1c(Cl)c(=O)oc2cc(O[P@](C)(=O)O[C@H](C)C(C)(C)C)ccc12. The van der Waals surface area contributed by atoms with E-state index in [1.807, 2.05) is 27.7 Å². The van der Waals surface area contributed by atoms with E-state index in [0.29, 0.717) is 22.3 Å². The summed E-state index contributed by atoms with van der Waals surface area (Å²) < 4.78 is 28.9. The van der Waals surface area contributed by atoms with E-state index in [9.17, 15) is 9.36 Å². The molecule has 2 aromatic rings. The molecule has 5 nitrogen and oxygen atoms in total. The van der Waals surface area contributed by atoms with Crippen molar-refractivity contribution < 1.29 is 18.0 Å². The second-order valence-electron chi connectivity index (χ2n) is 6.96. The third-order valence-corrected chi connectivity index (χ3v) is 5.59. The Kier molecular flexibility index (Phi) is 5.19. The van der Waals surface area contributed by atoms with Crippen LogP contribution in [0.3, 0.4) is 0 Å². The van der Waals surface area contributed by atoms with Crippen LogP contribution in [0.1, 0.15) is 33.3 Å². The quantitative estimate of drug-likeness (QED) is 0.530. The minimum atomic E-state index is -3.32. The Bertz CT molecular complexity index is 866. The lowest BCUT2D eigenvalue weighted by Crippen LogP contribution is -2.25. The van der Waals surface area contributed by atoms with Crippen molar-refractivity contribution in [2.45, 2.75) is 40.7 Å². The highest BCUT2D eigenvalue weighted by Crippen LogP contribution is 2.48. The molecule has 0 fully saturated rings. The molecule has 0 amide bonds. The molecule has 2 rings (SSSR count). The number of rotatable bonds is 4. The minimum Gasteiger partial charge on any atom is -0.424 e. The van der Waals surface area contributed by atoms with E-state index < -0.39 is 13.2 Å². The fraction of sp³-hybridized carbons (Fsp3) is 0.471. The molecule has 0 radical (unpaired) electrons. The Morgan fingerprint density at radius 1 is 1.29 bits per heavy atom. The highest BCUT2D eigenvalue weighted by Gasteiger charge is 2.29. The van der Waals surface area contributed by atoms with Crippen LogP contribution >= 0.6 is 19.2 Å². The molecule has 24 heavy (non-hydrogen) atoms. The Morgan fingerprint density at radius 2 is 1.92 bits per heavy atom. The van der Waals surface area contributed by atoms with Crippen molar-refractivity contribution >= 4 is 30.2 Å². The van der Waals surface area contributed by atoms with Crippen molar-refractivity contribution in [3.05, 3.63) is 39.2 Å². The van der Waals surface area contributed by atoms with Gasteiger partial charge in [0.25, 0.3) is 0 Å². The summed E-state index contributed by atoms with van der Waals surface area (Å²) in [4.78, 5) is 11.7. The van der Waals surface area contributed by atoms with Crippen molar-refractivity contribution in [2.24, 2.45) is 5.41 Å². The molecule has 1 aromatic carbocycles. The molecular formula is C17H22ClO5P. The molecule has 7 heteroatoms. The molecule has 0 aliphatic rings. The van der Waals surface area contributed by atoms with Crippen LogP contribution in [0.5, 0.6) is 5.75 Å². The summed E-state index contributed by atoms with van der Waals surface area (Å²) in [5, 5.41) is 0.751.